The van der Waals surface area contributed by atoms with Gasteiger partial charge in [-0.1, -0.05) is 34.8 Å². The van der Waals surface area contributed by atoms with Crippen molar-refractivity contribution in [1.29, 1.82) is 0 Å². The number of benzene rings is 1. The second-order valence-electron chi connectivity index (χ2n) is 5.51. The van der Waals surface area contributed by atoms with Crippen molar-refractivity contribution in [1.82, 2.24) is 9.78 Å². The fourth-order valence-electron chi connectivity index (χ4n) is 2.82. The summed E-state index contributed by atoms with van der Waals surface area (Å²) in [6.07, 6.45) is 6.50. The molecule has 1 aromatic heterocycles. The summed E-state index contributed by atoms with van der Waals surface area (Å²) in [7, 11) is 0. The largest absolute Gasteiger partial charge is 0.376 e. The van der Waals surface area contributed by atoms with E-state index in [-0.39, 0.29) is 12.5 Å². The van der Waals surface area contributed by atoms with Gasteiger partial charge in [0.2, 0.25) is 5.91 Å². The van der Waals surface area contributed by atoms with Crippen LogP contribution in [-0.2, 0) is 4.79 Å². The predicted molar refractivity (Wildman–Crippen MR) is 91.0 cm³/mol. The first kappa shape index (κ1) is 15.1. The van der Waals surface area contributed by atoms with Gasteiger partial charge in [-0.25, -0.2) is 4.68 Å². The molecule has 1 heterocycles. The molecule has 0 bridgehead atoms. The van der Waals surface area contributed by atoms with Gasteiger partial charge < -0.3 is 10.6 Å². The summed E-state index contributed by atoms with van der Waals surface area (Å²) >= 11 is 3.41. The van der Waals surface area contributed by atoms with Crippen LogP contribution in [0.1, 0.15) is 31.7 Å². The molecule has 0 unspecified atom stereocenters. The number of amides is 1. The smallest absolute Gasteiger partial charge is 0.244 e. The van der Waals surface area contributed by atoms with Gasteiger partial charge in [-0.15, -0.1) is 0 Å². The number of aromatic nitrogens is 2. The zero-order chi connectivity index (χ0) is 15.4. The Kier molecular flexibility index (Phi) is 4.77. The monoisotopic (exact) mass is 362 g/mol. The van der Waals surface area contributed by atoms with Gasteiger partial charge in [0.1, 0.15) is 5.82 Å². The van der Waals surface area contributed by atoms with Crippen LogP contribution in [0.25, 0.3) is 0 Å². The normalized spacial score (nSPS) is 15.0. The second-order valence-corrected chi connectivity index (χ2v) is 6.43. The molecule has 1 saturated carbocycles. The Morgan fingerprint density at radius 2 is 2.14 bits per heavy atom. The molecule has 0 saturated heterocycles. The topological polar surface area (TPSA) is 59.0 Å². The molecule has 1 fully saturated rings. The summed E-state index contributed by atoms with van der Waals surface area (Å²) in [4.78, 5) is 12.1. The van der Waals surface area contributed by atoms with E-state index < -0.39 is 0 Å². The van der Waals surface area contributed by atoms with Crippen molar-refractivity contribution in [3.05, 3.63) is 41.0 Å². The Hall–Kier alpha value is -1.82. The van der Waals surface area contributed by atoms with Crippen LogP contribution in [0.3, 0.4) is 0 Å². The number of anilines is 2. The molecule has 1 amide bonds. The molecule has 0 radical (unpaired) electrons. The highest BCUT2D eigenvalue weighted by Crippen LogP contribution is 2.31. The molecular formula is C16H19BrN4O. The molecule has 0 atom stereocenters. The third-order valence-electron chi connectivity index (χ3n) is 3.89. The quantitative estimate of drug-likeness (QED) is 0.849. The van der Waals surface area contributed by atoms with Gasteiger partial charge in [0.15, 0.2) is 0 Å². The third kappa shape index (κ3) is 3.68. The summed E-state index contributed by atoms with van der Waals surface area (Å²) in [6.45, 7) is 0.228. The van der Waals surface area contributed by atoms with Crippen LogP contribution in [0.5, 0.6) is 0 Å². The van der Waals surface area contributed by atoms with Gasteiger partial charge in [-0.2, -0.15) is 5.10 Å². The highest BCUT2D eigenvalue weighted by atomic mass is 79.9. The van der Waals surface area contributed by atoms with E-state index in [4.69, 9.17) is 0 Å². The lowest BCUT2D eigenvalue weighted by Gasteiger charge is -2.15. The lowest BCUT2D eigenvalue weighted by Crippen LogP contribution is -2.24. The fraction of sp³-hybridized carbons (Fsp3) is 0.375. The SMILES string of the molecule is O=C(CNc1cccc(Br)c1)Nc1ccnn1C1CCCC1. The van der Waals surface area contributed by atoms with Crippen molar-refractivity contribution in [3.8, 4) is 0 Å². The average molecular weight is 363 g/mol. The number of rotatable bonds is 5. The van der Waals surface area contributed by atoms with Crippen LogP contribution in [0.4, 0.5) is 11.5 Å². The van der Waals surface area contributed by atoms with E-state index in [0.29, 0.717) is 6.04 Å². The molecular weight excluding hydrogens is 344 g/mol. The zero-order valence-electron chi connectivity index (χ0n) is 12.3. The highest BCUT2D eigenvalue weighted by molar-refractivity contribution is 9.10. The molecule has 116 valence electrons. The van der Waals surface area contributed by atoms with Crippen molar-refractivity contribution in [2.75, 3.05) is 17.2 Å². The fourth-order valence-corrected chi connectivity index (χ4v) is 3.22. The van der Waals surface area contributed by atoms with Gasteiger partial charge in [0.05, 0.1) is 18.8 Å². The number of hydrogen-bond donors (Lipinski definition) is 2. The number of nitrogens with one attached hydrogen (secondary N) is 2. The van der Waals surface area contributed by atoms with Crippen LogP contribution in [0, 0.1) is 0 Å². The number of nitrogens with zero attached hydrogens (tertiary/aromatic N) is 2. The van der Waals surface area contributed by atoms with Crippen molar-refractivity contribution >= 4 is 33.3 Å². The maximum absolute atomic E-state index is 12.1. The molecule has 2 N–H and O–H groups in total. The number of carbonyl (C=O) groups excluding carboxylic acids is 1. The summed E-state index contributed by atoms with van der Waals surface area (Å²) < 4.78 is 2.93. The first-order valence-electron chi connectivity index (χ1n) is 7.55. The Morgan fingerprint density at radius 3 is 2.91 bits per heavy atom. The van der Waals surface area contributed by atoms with Crippen LogP contribution in [0.15, 0.2) is 41.0 Å². The highest BCUT2D eigenvalue weighted by Gasteiger charge is 2.20. The van der Waals surface area contributed by atoms with Crippen molar-refractivity contribution in [3.63, 3.8) is 0 Å². The Balaban J connectivity index is 1.57. The standard InChI is InChI=1S/C16H19BrN4O/c17-12-4-3-5-13(10-12)18-11-16(22)20-15-8-9-19-21(15)14-6-1-2-7-14/h3-5,8-10,14,18H,1-2,6-7,11H2,(H,20,22). The molecule has 0 spiro atoms. The minimum Gasteiger partial charge on any atom is -0.376 e. The first-order chi connectivity index (χ1) is 10.7. The van der Waals surface area contributed by atoms with Crippen molar-refractivity contribution in [2.24, 2.45) is 0 Å². The van der Waals surface area contributed by atoms with Gasteiger partial charge in [-0.05, 0) is 31.0 Å². The van der Waals surface area contributed by atoms with E-state index in [9.17, 15) is 4.79 Å². The summed E-state index contributed by atoms with van der Waals surface area (Å²) in [5, 5.41) is 10.4. The predicted octanol–water partition coefficient (Wildman–Crippen LogP) is 3.81. The minimum absolute atomic E-state index is 0.0697. The van der Waals surface area contributed by atoms with E-state index in [1.165, 1.54) is 12.8 Å². The van der Waals surface area contributed by atoms with E-state index in [0.717, 1.165) is 28.8 Å². The van der Waals surface area contributed by atoms with Crippen LogP contribution in [-0.4, -0.2) is 22.2 Å². The van der Waals surface area contributed by atoms with E-state index in [1.807, 2.05) is 35.0 Å². The second kappa shape index (κ2) is 6.96. The van der Waals surface area contributed by atoms with E-state index in [1.54, 1.807) is 6.20 Å². The molecule has 0 aliphatic heterocycles. The van der Waals surface area contributed by atoms with Crippen LogP contribution >= 0.6 is 15.9 Å². The molecule has 1 aliphatic rings. The molecule has 5 nitrogen and oxygen atoms in total. The van der Waals surface area contributed by atoms with Crippen molar-refractivity contribution in [2.45, 2.75) is 31.7 Å². The summed E-state index contributed by atoms with van der Waals surface area (Å²) in [6, 6.07) is 10.0. The van der Waals surface area contributed by atoms with Gasteiger partial charge in [0, 0.05) is 16.2 Å². The number of carbonyl (C=O) groups is 1. The van der Waals surface area contributed by atoms with Gasteiger partial charge in [0.25, 0.3) is 0 Å². The lowest BCUT2D eigenvalue weighted by atomic mass is 10.2. The number of halogens is 1. The van der Waals surface area contributed by atoms with Gasteiger partial charge >= 0.3 is 0 Å². The van der Waals surface area contributed by atoms with E-state index >= 15 is 0 Å². The Labute approximate surface area is 138 Å². The molecule has 3 rings (SSSR count). The lowest BCUT2D eigenvalue weighted by molar-refractivity contribution is -0.114. The Morgan fingerprint density at radius 1 is 1.32 bits per heavy atom. The van der Waals surface area contributed by atoms with Crippen LogP contribution in [0.2, 0.25) is 0 Å². The maximum atomic E-state index is 12.1. The Bertz CT molecular complexity index is 649. The molecule has 6 heteroatoms. The van der Waals surface area contributed by atoms with Gasteiger partial charge in [-0.3, -0.25) is 4.79 Å². The minimum atomic E-state index is -0.0697. The molecule has 1 aliphatic carbocycles. The third-order valence-corrected chi connectivity index (χ3v) is 4.38. The maximum Gasteiger partial charge on any atom is 0.244 e. The molecule has 22 heavy (non-hydrogen) atoms. The van der Waals surface area contributed by atoms with E-state index in [2.05, 4.69) is 31.7 Å². The first-order valence-corrected chi connectivity index (χ1v) is 8.34. The average Bonchev–Trinajstić information content (AvgIpc) is 3.16. The zero-order valence-corrected chi connectivity index (χ0v) is 13.8. The summed E-state index contributed by atoms with van der Waals surface area (Å²) in [5.41, 5.74) is 0.911. The van der Waals surface area contributed by atoms with Crippen LogP contribution < -0.4 is 10.6 Å². The summed E-state index contributed by atoms with van der Waals surface area (Å²) in [5.74, 6) is 0.715. The molecule has 1 aromatic carbocycles. The van der Waals surface area contributed by atoms with Crippen molar-refractivity contribution < 1.29 is 4.79 Å². The number of hydrogen-bond acceptors (Lipinski definition) is 3. The molecule has 2 aromatic rings.